The number of ether oxygens (including phenoxy) is 1. The molecular formula is C26H31BrClNO. The second kappa shape index (κ2) is 8.48. The van der Waals surface area contributed by atoms with Crippen molar-refractivity contribution in [3.63, 3.8) is 0 Å². The molecule has 4 bridgehead atoms. The average molecular weight is 489 g/mol. The van der Waals surface area contributed by atoms with Gasteiger partial charge in [-0.05, 0) is 105 Å². The van der Waals surface area contributed by atoms with Crippen molar-refractivity contribution in [3.8, 4) is 5.75 Å². The third kappa shape index (κ3) is 4.31. The highest BCUT2D eigenvalue weighted by molar-refractivity contribution is 9.10. The highest BCUT2D eigenvalue weighted by atomic mass is 79.9. The number of halogens is 2. The molecule has 1 atom stereocenters. The SMILES string of the molecule is CC(NCc1cc(Br)ccc1OCc1ccc(Cl)cc1)C12CC3CC(CC(C3)C1)C2. The molecule has 0 aliphatic heterocycles. The molecule has 4 aliphatic carbocycles. The molecule has 0 aromatic heterocycles. The lowest BCUT2D eigenvalue weighted by Gasteiger charge is -2.59. The van der Waals surface area contributed by atoms with Gasteiger partial charge in [-0.15, -0.1) is 0 Å². The van der Waals surface area contributed by atoms with Gasteiger partial charge in [0.25, 0.3) is 0 Å². The summed E-state index contributed by atoms with van der Waals surface area (Å²) >= 11 is 9.64. The number of rotatable bonds is 7. The molecule has 1 unspecified atom stereocenters. The van der Waals surface area contributed by atoms with Gasteiger partial charge in [0.15, 0.2) is 0 Å². The smallest absolute Gasteiger partial charge is 0.124 e. The molecule has 4 fully saturated rings. The lowest BCUT2D eigenvalue weighted by Crippen LogP contribution is -2.54. The molecule has 2 aromatic carbocycles. The third-order valence-electron chi connectivity index (χ3n) is 7.93. The monoisotopic (exact) mass is 487 g/mol. The fourth-order valence-corrected chi connectivity index (χ4v) is 7.29. The molecule has 0 saturated heterocycles. The molecule has 4 heteroatoms. The molecule has 6 rings (SSSR count). The Balaban J connectivity index is 1.25. The fraction of sp³-hybridized carbons (Fsp3) is 0.538. The zero-order valence-corrected chi connectivity index (χ0v) is 20.0. The second-order valence-corrected chi connectivity index (χ2v) is 11.4. The van der Waals surface area contributed by atoms with Gasteiger partial charge in [0, 0.05) is 27.6 Å². The first-order valence-electron chi connectivity index (χ1n) is 11.4. The van der Waals surface area contributed by atoms with Gasteiger partial charge in [0.05, 0.1) is 0 Å². The lowest BCUT2D eigenvalue weighted by molar-refractivity contribution is -0.0706. The fourth-order valence-electron chi connectivity index (χ4n) is 6.76. The van der Waals surface area contributed by atoms with Gasteiger partial charge >= 0.3 is 0 Å². The first-order chi connectivity index (χ1) is 14.5. The van der Waals surface area contributed by atoms with Crippen molar-refractivity contribution in [2.75, 3.05) is 0 Å². The Morgan fingerprint density at radius 2 is 1.67 bits per heavy atom. The summed E-state index contributed by atoms with van der Waals surface area (Å²) in [5, 5.41) is 4.67. The molecule has 2 aromatic rings. The zero-order chi connectivity index (χ0) is 20.7. The Morgan fingerprint density at radius 3 is 2.30 bits per heavy atom. The van der Waals surface area contributed by atoms with Gasteiger partial charge in [0.1, 0.15) is 12.4 Å². The van der Waals surface area contributed by atoms with Crippen molar-refractivity contribution in [1.29, 1.82) is 0 Å². The molecule has 0 radical (unpaired) electrons. The molecule has 4 aliphatic rings. The predicted octanol–water partition coefficient (Wildman–Crippen LogP) is 7.38. The summed E-state index contributed by atoms with van der Waals surface area (Å²) in [7, 11) is 0. The number of nitrogens with one attached hydrogen (secondary N) is 1. The highest BCUT2D eigenvalue weighted by Crippen LogP contribution is 2.61. The van der Waals surface area contributed by atoms with Crippen molar-refractivity contribution in [1.82, 2.24) is 5.32 Å². The van der Waals surface area contributed by atoms with Crippen molar-refractivity contribution in [2.45, 2.75) is 64.6 Å². The maximum absolute atomic E-state index is 6.20. The van der Waals surface area contributed by atoms with E-state index in [1.807, 2.05) is 24.3 Å². The molecule has 1 N–H and O–H groups in total. The Morgan fingerprint density at radius 1 is 1.03 bits per heavy atom. The van der Waals surface area contributed by atoms with E-state index in [0.717, 1.165) is 45.1 Å². The van der Waals surface area contributed by atoms with Crippen LogP contribution < -0.4 is 10.1 Å². The van der Waals surface area contributed by atoms with Gasteiger partial charge < -0.3 is 10.1 Å². The van der Waals surface area contributed by atoms with Crippen LogP contribution in [-0.2, 0) is 13.2 Å². The Kier molecular flexibility index (Phi) is 5.90. The summed E-state index contributed by atoms with van der Waals surface area (Å²) in [6, 6.07) is 14.7. The molecule has 160 valence electrons. The van der Waals surface area contributed by atoms with E-state index >= 15 is 0 Å². The van der Waals surface area contributed by atoms with Crippen LogP contribution in [0.5, 0.6) is 5.75 Å². The van der Waals surface area contributed by atoms with E-state index in [9.17, 15) is 0 Å². The normalized spacial score (nSPS) is 30.4. The summed E-state index contributed by atoms with van der Waals surface area (Å²) in [5.41, 5.74) is 2.86. The van der Waals surface area contributed by atoms with Gasteiger partial charge in [-0.1, -0.05) is 39.7 Å². The lowest BCUT2D eigenvalue weighted by atomic mass is 9.48. The quantitative estimate of drug-likeness (QED) is 0.439. The van der Waals surface area contributed by atoms with Crippen LogP contribution >= 0.6 is 27.5 Å². The van der Waals surface area contributed by atoms with Crippen molar-refractivity contribution >= 4 is 27.5 Å². The van der Waals surface area contributed by atoms with Crippen molar-refractivity contribution in [2.24, 2.45) is 23.2 Å². The van der Waals surface area contributed by atoms with Crippen LogP contribution in [0.3, 0.4) is 0 Å². The largest absolute Gasteiger partial charge is 0.489 e. The predicted molar refractivity (Wildman–Crippen MR) is 127 cm³/mol. The van der Waals surface area contributed by atoms with E-state index in [1.54, 1.807) is 0 Å². The number of hydrogen-bond donors (Lipinski definition) is 1. The summed E-state index contributed by atoms with van der Waals surface area (Å²) in [6.45, 7) is 3.83. The van der Waals surface area contributed by atoms with E-state index in [0.29, 0.717) is 18.1 Å². The van der Waals surface area contributed by atoms with E-state index < -0.39 is 0 Å². The van der Waals surface area contributed by atoms with Gasteiger partial charge in [-0.25, -0.2) is 0 Å². The Bertz CT molecular complexity index is 861. The first kappa shape index (κ1) is 20.8. The topological polar surface area (TPSA) is 21.3 Å². The minimum absolute atomic E-state index is 0.519. The van der Waals surface area contributed by atoms with E-state index in [4.69, 9.17) is 16.3 Å². The van der Waals surface area contributed by atoms with Crippen LogP contribution in [0.25, 0.3) is 0 Å². The summed E-state index contributed by atoms with van der Waals surface area (Å²) < 4.78 is 7.29. The van der Waals surface area contributed by atoms with Crippen LogP contribution in [0.4, 0.5) is 0 Å². The highest BCUT2D eigenvalue weighted by Gasteiger charge is 2.52. The summed E-state index contributed by atoms with van der Waals surface area (Å²) in [5.74, 6) is 3.93. The van der Waals surface area contributed by atoms with Crippen molar-refractivity contribution < 1.29 is 4.74 Å². The van der Waals surface area contributed by atoms with E-state index in [1.165, 1.54) is 44.1 Å². The van der Waals surface area contributed by atoms with Gasteiger partial charge in [-0.2, -0.15) is 0 Å². The minimum atomic E-state index is 0.519. The Hall–Kier alpha value is -1.03. The van der Waals surface area contributed by atoms with Crippen LogP contribution in [0, 0.1) is 23.2 Å². The molecule has 0 heterocycles. The van der Waals surface area contributed by atoms with Gasteiger partial charge in [0.2, 0.25) is 0 Å². The van der Waals surface area contributed by atoms with Crippen LogP contribution in [-0.4, -0.2) is 6.04 Å². The molecule has 4 saturated carbocycles. The maximum atomic E-state index is 6.20. The van der Waals surface area contributed by atoms with Crippen molar-refractivity contribution in [3.05, 3.63) is 63.1 Å². The van der Waals surface area contributed by atoms with Crippen LogP contribution in [0.1, 0.15) is 56.6 Å². The number of hydrogen-bond acceptors (Lipinski definition) is 2. The second-order valence-electron chi connectivity index (χ2n) is 10.0. The molecule has 30 heavy (non-hydrogen) atoms. The van der Waals surface area contributed by atoms with E-state index in [2.05, 4.69) is 46.4 Å². The Labute approximate surface area is 193 Å². The molecular weight excluding hydrogens is 458 g/mol. The first-order valence-corrected chi connectivity index (χ1v) is 12.6. The minimum Gasteiger partial charge on any atom is -0.489 e. The molecule has 2 nitrogen and oxygen atoms in total. The maximum Gasteiger partial charge on any atom is 0.124 e. The van der Waals surface area contributed by atoms with Crippen LogP contribution in [0.15, 0.2) is 46.9 Å². The average Bonchev–Trinajstić information content (AvgIpc) is 2.71. The standard InChI is InChI=1S/C26H31BrClNO/c1-17(26-12-19-8-20(13-26)10-21(9-19)14-26)29-15-22-11-23(27)4-7-25(22)30-16-18-2-5-24(28)6-3-18/h2-7,11,17,19-21,29H,8-10,12-16H2,1H3. The number of benzene rings is 2. The zero-order valence-electron chi connectivity index (χ0n) is 17.7. The van der Waals surface area contributed by atoms with E-state index in [-0.39, 0.29) is 0 Å². The van der Waals surface area contributed by atoms with Gasteiger partial charge in [-0.3, -0.25) is 0 Å². The molecule has 0 spiro atoms. The molecule has 0 amide bonds. The summed E-state index contributed by atoms with van der Waals surface area (Å²) in [4.78, 5) is 0. The summed E-state index contributed by atoms with van der Waals surface area (Å²) in [6.07, 6.45) is 8.81. The third-order valence-corrected chi connectivity index (χ3v) is 8.68. The van der Waals surface area contributed by atoms with Crippen LogP contribution in [0.2, 0.25) is 5.02 Å².